The van der Waals surface area contributed by atoms with Crippen LogP contribution in [0.2, 0.25) is 0 Å². The molecule has 0 aromatic carbocycles. The first-order valence-electron chi connectivity index (χ1n) is 4.65. The maximum absolute atomic E-state index is 11.8. The van der Waals surface area contributed by atoms with E-state index < -0.39 is 0 Å². The first-order chi connectivity index (χ1) is 7.65. The van der Waals surface area contributed by atoms with Crippen LogP contribution in [-0.2, 0) is 11.8 Å². The van der Waals surface area contributed by atoms with Crippen LogP contribution in [0.4, 0.5) is 5.69 Å². The maximum atomic E-state index is 11.8. The van der Waals surface area contributed by atoms with Gasteiger partial charge in [-0.2, -0.15) is 0 Å². The highest BCUT2D eigenvalue weighted by atomic mass is 32.9. The SMILES string of the molecule is C/C=C/C(=O)Nc1c2sscc-2n(C)c1=O. The molecule has 2 aliphatic heterocycles. The zero-order valence-electron chi connectivity index (χ0n) is 8.81. The number of carbonyl (C=O) groups is 1. The van der Waals surface area contributed by atoms with Crippen LogP contribution in [0.3, 0.4) is 0 Å². The molecule has 0 radical (unpaired) electrons. The Morgan fingerprint density at radius 3 is 3.00 bits per heavy atom. The van der Waals surface area contributed by atoms with Gasteiger partial charge in [0.1, 0.15) is 5.69 Å². The summed E-state index contributed by atoms with van der Waals surface area (Å²) in [5.41, 5.74) is 1.09. The van der Waals surface area contributed by atoms with Gasteiger partial charge in [0.15, 0.2) is 0 Å². The van der Waals surface area contributed by atoms with Crippen LogP contribution < -0.4 is 10.9 Å². The fraction of sp³-hybridized carbons (Fsp3) is 0.200. The molecule has 2 aliphatic rings. The molecule has 0 unspecified atom stereocenters. The molecule has 0 spiro atoms. The Bertz CT molecular complexity index is 576. The number of allylic oxidation sites excluding steroid dienone is 1. The highest BCUT2D eigenvalue weighted by Crippen LogP contribution is 2.36. The number of carbonyl (C=O) groups excluding carboxylic acids is 1. The summed E-state index contributed by atoms with van der Waals surface area (Å²) in [7, 11) is 4.74. The highest BCUT2D eigenvalue weighted by Gasteiger charge is 2.21. The molecular formula is C10H10N2O2S2. The lowest BCUT2D eigenvalue weighted by atomic mass is 10.3. The van der Waals surface area contributed by atoms with Gasteiger partial charge in [0.25, 0.3) is 5.56 Å². The zero-order chi connectivity index (χ0) is 11.7. The van der Waals surface area contributed by atoms with Crippen molar-refractivity contribution in [1.29, 1.82) is 0 Å². The molecule has 0 aromatic heterocycles. The Labute approximate surface area is 99.6 Å². The minimum atomic E-state index is -0.273. The van der Waals surface area contributed by atoms with Crippen molar-refractivity contribution in [2.24, 2.45) is 7.05 Å². The van der Waals surface area contributed by atoms with Gasteiger partial charge in [-0.25, -0.2) is 0 Å². The molecule has 1 amide bonds. The molecule has 2 heterocycles. The molecule has 4 nitrogen and oxygen atoms in total. The van der Waals surface area contributed by atoms with Crippen molar-refractivity contribution in [1.82, 2.24) is 4.57 Å². The fourth-order valence-corrected chi connectivity index (χ4v) is 3.72. The average molecular weight is 254 g/mol. The second-order valence-corrected chi connectivity index (χ2v) is 5.32. The number of rotatable bonds is 2. The smallest absolute Gasteiger partial charge is 0.276 e. The topological polar surface area (TPSA) is 51.1 Å². The number of fused-ring (bicyclic) bond motifs is 1. The second kappa shape index (κ2) is 4.23. The summed E-state index contributed by atoms with van der Waals surface area (Å²) < 4.78 is 1.55. The zero-order valence-corrected chi connectivity index (χ0v) is 10.4. The third kappa shape index (κ3) is 1.70. The first kappa shape index (κ1) is 11.1. The minimum absolute atomic E-state index is 0.160. The van der Waals surface area contributed by atoms with Crippen LogP contribution in [0.15, 0.2) is 22.3 Å². The molecule has 0 fully saturated rings. The van der Waals surface area contributed by atoms with Crippen LogP contribution >= 0.6 is 20.7 Å². The summed E-state index contributed by atoms with van der Waals surface area (Å²) in [6, 6.07) is 0. The number of nitrogens with zero attached hydrogens (tertiary/aromatic N) is 1. The van der Waals surface area contributed by atoms with Gasteiger partial charge < -0.3 is 9.88 Å². The molecule has 84 valence electrons. The van der Waals surface area contributed by atoms with Gasteiger partial charge in [-0.15, -0.1) is 0 Å². The molecule has 2 rings (SSSR count). The summed E-state index contributed by atoms with van der Waals surface area (Å²) >= 11 is 0. The lowest BCUT2D eigenvalue weighted by Crippen LogP contribution is -2.18. The Morgan fingerprint density at radius 2 is 2.31 bits per heavy atom. The van der Waals surface area contributed by atoms with Gasteiger partial charge in [0, 0.05) is 12.4 Å². The third-order valence-corrected chi connectivity index (χ3v) is 4.27. The summed E-state index contributed by atoms with van der Waals surface area (Å²) in [5, 5.41) is 4.53. The van der Waals surface area contributed by atoms with Crippen molar-refractivity contribution < 1.29 is 4.79 Å². The highest BCUT2D eigenvalue weighted by molar-refractivity contribution is 7.70. The Morgan fingerprint density at radius 1 is 1.56 bits per heavy atom. The Kier molecular flexibility index (Phi) is 2.93. The third-order valence-electron chi connectivity index (χ3n) is 2.20. The van der Waals surface area contributed by atoms with E-state index in [0.717, 1.165) is 10.6 Å². The molecular weight excluding hydrogens is 244 g/mol. The van der Waals surface area contributed by atoms with E-state index in [9.17, 15) is 9.59 Å². The first-order valence-corrected chi connectivity index (χ1v) is 6.86. The van der Waals surface area contributed by atoms with E-state index in [2.05, 4.69) is 5.32 Å². The van der Waals surface area contributed by atoms with Crippen LogP contribution in [0.5, 0.6) is 0 Å². The molecule has 0 saturated carbocycles. The predicted molar refractivity (Wildman–Crippen MR) is 67.5 cm³/mol. The number of hydrogen-bond acceptors (Lipinski definition) is 4. The lowest BCUT2D eigenvalue weighted by Gasteiger charge is -1.96. The normalized spacial score (nSPS) is 11.4. The second-order valence-electron chi connectivity index (χ2n) is 3.24. The summed E-state index contributed by atoms with van der Waals surface area (Å²) in [6.07, 6.45) is 3.03. The van der Waals surface area contributed by atoms with Gasteiger partial charge in [-0.3, -0.25) is 9.59 Å². The van der Waals surface area contributed by atoms with E-state index >= 15 is 0 Å². The molecule has 0 saturated heterocycles. The van der Waals surface area contributed by atoms with Crippen LogP contribution in [0.25, 0.3) is 10.6 Å². The number of anilines is 1. The molecule has 0 aromatic rings. The van der Waals surface area contributed by atoms with E-state index in [4.69, 9.17) is 0 Å². The van der Waals surface area contributed by atoms with Crippen molar-refractivity contribution in [3.05, 3.63) is 27.9 Å². The number of aromatic nitrogens is 1. The van der Waals surface area contributed by atoms with Gasteiger partial charge >= 0.3 is 0 Å². The Balaban J connectivity index is 2.45. The van der Waals surface area contributed by atoms with Crippen molar-refractivity contribution >= 4 is 32.3 Å². The van der Waals surface area contributed by atoms with Crippen LogP contribution in [-0.4, -0.2) is 10.5 Å². The molecule has 0 bridgehead atoms. The summed E-state index contributed by atoms with van der Waals surface area (Å²) in [6.45, 7) is 1.76. The fourth-order valence-electron chi connectivity index (χ4n) is 1.42. The summed E-state index contributed by atoms with van der Waals surface area (Å²) in [5.74, 6) is -0.273. The molecule has 0 aliphatic carbocycles. The monoisotopic (exact) mass is 254 g/mol. The average Bonchev–Trinajstić information content (AvgIpc) is 2.79. The molecule has 6 heteroatoms. The minimum Gasteiger partial charge on any atom is -0.317 e. The van der Waals surface area contributed by atoms with Crippen molar-refractivity contribution in [2.75, 3.05) is 5.32 Å². The van der Waals surface area contributed by atoms with Gasteiger partial charge in [-0.1, -0.05) is 26.8 Å². The van der Waals surface area contributed by atoms with Gasteiger partial charge in [0.05, 0.1) is 10.6 Å². The Hall–Kier alpha value is -1.40. The number of amides is 1. The van der Waals surface area contributed by atoms with Crippen molar-refractivity contribution in [2.45, 2.75) is 6.92 Å². The lowest BCUT2D eigenvalue weighted by molar-refractivity contribution is -0.111. The van der Waals surface area contributed by atoms with E-state index in [1.807, 2.05) is 5.38 Å². The van der Waals surface area contributed by atoms with Crippen molar-refractivity contribution in [3.8, 4) is 10.6 Å². The molecule has 16 heavy (non-hydrogen) atoms. The standard InChI is InChI=1S/C10H10N2O2S2/c1-3-4-7(13)11-8-9-6(5-15-16-9)12(2)10(8)14/h3-5H,1-2H3,(H,11,13)/b4-3+. The van der Waals surface area contributed by atoms with Gasteiger partial charge in [-0.05, 0) is 13.0 Å². The maximum Gasteiger partial charge on any atom is 0.276 e. The van der Waals surface area contributed by atoms with Crippen LogP contribution in [0, 0.1) is 0 Å². The molecule has 0 atom stereocenters. The van der Waals surface area contributed by atoms with E-state index in [1.54, 1.807) is 35.0 Å². The van der Waals surface area contributed by atoms with Crippen molar-refractivity contribution in [3.63, 3.8) is 0 Å². The van der Waals surface area contributed by atoms with Crippen LogP contribution in [0.1, 0.15) is 6.92 Å². The largest absolute Gasteiger partial charge is 0.317 e. The molecule has 1 N–H and O–H groups in total. The predicted octanol–water partition coefficient (Wildman–Crippen LogP) is 2.13. The van der Waals surface area contributed by atoms with E-state index in [1.165, 1.54) is 16.4 Å². The van der Waals surface area contributed by atoms with E-state index in [-0.39, 0.29) is 11.5 Å². The summed E-state index contributed by atoms with van der Waals surface area (Å²) in [4.78, 5) is 24.1. The number of hydrogen-bond donors (Lipinski definition) is 1. The number of nitrogens with one attached hydrogen (secondary N) is 1. The van der Waals surface area contributed by atoms with Gasteiger partial charge in [0.2, 0.25) is 5.91 Å². The van der Waals surface area contributed by atoms with E-state index in [0.29, 0.717) is 5.69 Å². The quantitative estimate of drug-likeness (QED) is 0.659.